The van der Waals surface area contributed by atoms with Gasteiger partial charge < -0.3 is 20.3 Å². The Bertz CT molecular complexity index is 68.0. The molecule has 1 unspecified atom stereocenters. The van der Waals surface area contributed by atoms with Crippen LogP contribution in [0, 0.1) is 0 Å². The quantitative estimate of drug-likeness (QED) is 0.388. The van der Waals surface area contributed by atoms with Crippen molar-refractivity contribution in [2.45, 2.75) is 12.6 Å². The van der Waals surface area contributed by atoms with Crippen molar-refractivity contribution < 1.29 is 14.6 Å². The topological polar surface area (TPSA) is 64.7 Å². The van der Waals surface area contributed by atoms with Crippen LogP contribution in [0.3, 0.4) is 0 Å². The first-order valence-electron chi connectivity index (χ1n) is 3.27. The molecule has 0 bridgehead atoms. The number of rotatable bonds is 6. The number of aliphatic hydroxyl groups excluding tert-OH is 1. The molecule has 1 atom stereocenters. The highest BCUT2D eigenvalue weighted by Gasteiger charge is 1.93. The Morgan fingerprint density at radius 2 is 2.10 bits per heavy atom. The van der Waals surface area contributed by atoms with E-state index in [9.17, 15) is 0 Å². The molecule has 0 aromatic heterocycles. The molecule has 0 saturated heterocycles. The Morgan fingerprint density at radius 3 is 2.60 bits per heavy atom. The molecule has 0 heterocycles. The van der Waals surface area contributed by atoms with Crippen LogP contribution < -0.4 is 5.73 Å². The van der Waals surface area contributed by atoms with Crippen LogP contribution in [0.5, 0.6) is 0 Å². The van der Waals surface area contributed by atoms with E-state index in [2.05, 4.69) is 0 Å². The predicted molar refractivity (Wildman–Crippen MR) is 37.5 cm³/mol. The second-order valence-electron chi connectivity index (χ2n) is 1.96. The van der Waals surface area contributed by atoms with Gasteiger partial charge in [0.05, 0.1) is 19.8 Å². The van der Waals surface area contributed by atoms with Gasteiger partial charge in [-0.3, -0.25) is 0 Å². The van der Waals surface area contributed by atoms with Crippen molar-refractivity contribution in [2.75, 3.05) is 26.9 Å². The van der Waals surface area contributed by atoms with E-state index in [1.165, 1.54) is 0 Å². The summed E-state index contributed by atoms with van der Waals surface area (Å²) in [6, 6.07) is 0. The Balaban J connectivity index is 2.77. The van der Waals surface area contributed by atoms with E-state index in [0.29, 0.717) is 26.2 Å². The van der Waals surface area contributed by atoms with Gasteiger partial charge in [-0.1, -0.05) is 0 Å². The smallest absolute Gasteiger partial charge is 0.104 e. The maximum atomic E-state index is 8.58. The Morgan fingerprint density at radius 1 is 1.40 bits per heavy atom. The van der Waals surface area contributed by atoms with Crippen molar-refractivity contribution in [2.24, 2.45) is 5.73 Å². The van der Waals surface area contributed by atoms with Crippen molar-refractivity contribution in [3.05, 3.63) is 0 Å². The number of nitrogens with two attached hydrogens (primary N) is 1. The van der Waals surface area contributed by atoms with Crippen molar-refractivity contribution >= 4 is 0 Å². The van der Waals surface area contributed by atoms with Gasteiger partial charge in [0.25, 0.3) is 0 Å². The van der Waals surface area contributed by atoms with Crippen LogP contribution >= 0.6 is 0 Å². The molecule has 10 heavy (non-hydrogen) atoms. The van der Waals surface area contributed by atoms with Crippen LogP contribution in [0.15, 0.2) is 0 Å². The highest BCUT2D eigenvalue weighted by atomic mass is 16.5. The van der Waals surface area contributed by atoms with Gasteiger partial charge in [0.15, 0.2) is 0 Å². The standard InChI is InChI=1S/C6H15NO3/c1-9-4-5-10-3-2-6(7)8/h6,8H,2-5,7H2,1H3. The van der Waals surface area contributed by atoms with Crippen LogP contribution in [-0.2, 0) is 9.47 Å². The molecule has 0 aliphatic carbocycles. The molecule has 3 N–H and O–H groups in total. The van der Waals surface area contributed by atoms with Crippen LogP contribution in [0.4, 0.5) is 0 Å². The summed E-state index contributed by atoms with van der Waals surface area (Å²) in [5.41, 5.74) is 5.05. The third kappa shape index (κ3) is 7.84. The first-order valence-corrected chi connectivity index (χ1v) is 3.27. The molecule has 0 aromatic rings. The summed E-state index contributed by atoms with van der Waals surface area (Å²) in [7, 11) is 1.61. The summed E-state index contributed by atoms with van der Waals surface area (Å²) < 4.78 is 9.75. The molecule has 0 rings (SSSR count). The zero-order chi connectivity index (χ0) is 7.82. The fourth-order valence-corrected chi connectivity index (χ4v) is 0.448. The minimum Gasteiger partial charge on any atom is -0.382 e. The van der Waals surface area contributed by atoms with Crippen LogP contribution in [0.2, 0.25) is 0 Å². The summed E-state index contributed by atoms with van der Waals surface area (Å²) in [6.07, 6.45) is -0.286. The highest BCUT2D eigenvalue weighted by Crippen LogP contribution is 1.84. The van der Waals surface area contributed by atoms with Gasteiger partial charge in [0, 0.05) is 13.5 Å². The molecular weight excluding hydrogens is 134 g/mol. The van der Waals surface area contributed by atoms with Gasteiger partial charge in [-0.25, -0.2) is 0 Å². The summed E-state index contributed by atoms with van der Waals surface area (Å²) in [6.45, 7) is 1.63. The Labute approximate surface area is 60.9 Å². The average molecular weight is 149 g/mol. The van der Waals surface area contributed by atoms with E-state index in [-0.39, 0.29) is 0 Å². The number of ether oxygens (including phenoxy) is 2. The maximum absolute atomic E-state index is 8.58. The SMILES string of the molecule is COCCOCCC(N)O. The minimum atomic E-state index is -0.762. The summed E-state index contributed by atoms with van der Waals surface area (Å²) in [4.78, 5) is 0. The molecule has 0 amide bonds. The molecule has 0 aromatic carbocycles. The fourth-order valence-electron chi connectivity index (χ4n) is 0.448. The van der Waals surface area contributed by atoms with Gasteiger partial charge in [-0.2, -0.15) is 0 Å². The largest absolute Gasteiger partial charge is 0.382 e. The number of methoxy groups -OCH3 is 1. The molecule has 0 aliphatic heterocycles. The Kier molecular flexibility index (Phi) is 6.84. The third-order valence-corrected chi connectivity index (χ3v) is 0.990. The van der Waals surface area contributed by atoms with Gasteiger partial charge in [0.2, 0.25) is 0 Å². The number of hydrogen-bond donors (Lipinski definition) is 2. The fraction of sp³-hybridized carbons (Fsp3) is 1.00. The summed E-state index contributed by atoms with van der Waals surface area (Å²) in [5, 5.41) is 8.58. The molecule has 62 valence electrons. The van der Waals surface area contributed by atoms with Crippen LogP contribution in [-0.4, -0.2) is 38.3 Å². The first kappa shape index (κ1) is 9.84. The lowest BCUT2D eigenvalue weighted by Gasteiger charge is -2.04. The zero-order valence-electron chi connectivity index (χ0n) is 6.25. The molecular formula is C6H15NO3. The molecule has 0 radical (unpaired) electrons. The van der Waals surface area contributed by atoms with Crippen molar-refractivity contribution in [3.63, 3.8) is 0 Å². The molecule has 0 saturated carbocycles. The van der Waals surface area contributed by atoms with Crippen LogP contribution in [0.25, 0.3) is 0 Å². The first-order chi connectivity index (χ1) is 4.77. The maximum Gasteiger partial charge on any atom is 0.104 e. The zero-order valence-corrected chi connectivity index (χ0v) is 6.25. The molecule has 0 aliphatic rings. The lowest BCUT2D eigenvalue weighted by atomic mass is 10.4. The van der Waals surface area contributed by atoms with Crippen molar-refractivity contribution in [1.29, 1.82) is 0 Å². The minimum absolute atomic E-state index is 0.476. The summed E-state index contributed by atoms with van der Waals surface area (Å²) >= 11 is 0. The van der Waals surface area contributed by atoms with E-state index in [0.717, 1.165) is 0 Å². The van der Waals surface area contributed by atoms with Gasteiger partial charge in [-0.05, 0) is 0 Å². The lowest BCUT2D eigenvalue weighted by molar-refractivity contribution is 0.0491. The molecule has 4 nitrogen and oxygen atoms in total. The molecule has 0 fully saturated rings. The van der Waals surface area contributed by atoms with E-state index >= 15 is 0 Å². The highest BCUT2D eigenvalue weighted by molar-refractivity contribution is 4.41. The van der Waals surface area contributed by atoms with E-state index in [1.807, 2.05) is 0 Å². The van der Waals surface area contributed by atoms with E-state index in [4.69, 9.17) is 20.3 Å². The second kappa shape index (κ2) is 6.95. The van der Waals surface area contributed by atoms with Gasteiger partial charge in [0.1, 0.15) is 6.23 Å². The van der Waals surface area contributed by atoms with E-state index < -0.39 is 6.23 Å². The van der Waals surface area contributed by atoms with Crippen molar-refractivity contribution in [1.82, 2.24) is 0 Å². The van der Waals surface area contributed by atoms with Gasteiger partial charge in [-0.15, -0.1) is 0 Å². The molecule has 4 heteroatoms. The predicted octanol–water partition coefficient (Wildman–Crippen LogP) is -0.683. The summed E-state index contributed by atoms with van der Waals surface area (Å²) in [5.74, 6) is 0. The lowest BCUT2D eigenvalue weighted by Crippen LogP contribution is -2.21. The number of hydrogen-bond acceptors (Lipinski definition) is 4. The Hall–Kier alpha value is -0.160. The average Bonchev–Trinajstić information content (AvgIpc) is 1.87. The van der Waals surface area contributed by atoms with Crippen LogP contribution in [0.1, 0.15) is 6.42 Å². The van der Waals surface area contributed by atoms with Crippen molar-refractivity contribution in [3.8, 4) is 0 Å². The van der Waals surface area contributed by atoms with E-state index in [1.54, 1.807) is 7.11 Å². The monoisotopic (exact) mass is 149 g/mol. The normalized spacial score (nSPS) is 13.5. The molecule has 0 spiro atoms. The number of aliphatic hydroxyl groups is 1. The third-order valence-electron chi connectivity index (χ3n) is 0.990. The van der Waals surface area contributed by atoms with Gasteiger partial charge >= 0.3 is 0 Å². The second-order valence-corrected chi connectivity index (χ2v) is 1.96.